The van der Waals surface area contributed by atoms with E-state index in [0.717, 1.165) is 32.4 Å². The van der Waals surface area contributed by atoms with Crippen molar-refractivity contribution in [2.75, 3.05) is 39.0 Å². The van der Waals surface area contributed by atoms with Gasteiger partial charge in [0.05, 0.1) is 0 Å². The van der Waals surface area contributed by atoms with Gasteiger partial charge in [0, 0.05) is 19.6 Å². The Hall–Kier alpha value is -1.69. The van der Waals surface area contributed by atoms with Crippen LogP contribution in [0.4, 0.5) is 5.82 Å². The van der Waals surface area contributed by atoms with Gasteiger partial charge in [0.1, 0.15) is 5.82 Å². The van der Waals surface area contributed by atoms with Crippen LogP contribution < -0.4 is 10.6 Å². The molecule has 20 heavy (non-hydrogen) atoms. The smallest absolute Gasteiger partial charge is 0.271 e. The third kappa shape index (κ3) is 6.47. The molecule has 1 aromatic rings. The van der Waals surface area contributed by atoms with Gasteiger partial charge in [-0.3, -0.25) is 4.79 Å². The summed E-state index contributed by atoms with van der Waals surface area (Å²) in [7, 11) is 4.03. The number of nitrogens with zero attached hydrogens (tertiary/aromatic N) is 3. The van der Waals surface area contributed by atoms with Crippen LogP contribution in [0.3, 0.4) is 0 Å². The standard InChI is InChI=1S/C14H25N5O/c1-4-5-6-9-16-14(20)12-7-8-13(18-17-12)15-10-11-19(2)3/h7-8H,4-6,9-11H2,1-3H3,(H,15,18)(H,16,20). The Morgan fingerprint density at radius 1 is 1.20 bits per heavy atom. The van der Waals surface area contributed by atoms with Gasteiger partial charge in [0.25, 0.3) is 5.91 Å². The molecule has 1 amide bonds. The minimum atomic E-state index is -0.159. The number of aromatic nitrogens is 2. The molecule has 2 N–H and O–H groups in total. The number of rotatable bonds is 9. The molecule has 0 atom stereocenters. The Morgan fingerprint density at radius 2 is 2.00 bits per heavy atom. The number of nitrogens with one attached hydrogen (secondary N) is 2. The van der Waals surface area contributed by atoms with Gasteiger partial charge in [-0.2, -0.15) is 0 Å². The monoisotopic (exact) mass is 279 g/mol. The summed E-state index contributed by atoms with van der Waals surface area (Å²) in [4.78, 5) is 13.9. The molecule has 0 aliphatic rings. The van der Waals surface area contributed by atoms with Gasteiger partial charge in [-0.05, 0) is 32.6 Å². The van der Waals surface area contributed by atoms with Crippen molar-refractivity contribution in [3.8, 4) is 0 Å². The highest BCUT2D eigenvalue weighted by Gasteiger charge is 2.07. The van der Waals surface area contributed by atoms with Crippen LogP contribution >= 0.6 is 0 Å². The summed E-state index contributed by atoms with van der Waals surface area (Å²) in [6, 6.07) is 3.48. The summed E-state index contributed by atoms with van der Waals surface area (Å²) in [5, 5.41) is 13.9. The molecule has 0 saturated carbocycles. The first-order valence-corrected chi connectivity index (χ1v) is 7.14. The van der Waals surface area contributed by atoms with E-state index in [1.54, 1.807) is 12.1 Å². The Labute approximate surface area is 121 Å². The highest BCUT2D eigenvalue weighted by Crippen LogP contribution is 2.02. The predicted octanol–water partition coefficient (Wildman–Crippen LogP) is 1.37. The van der Waals surface area contributed by atoms with E-state index in [1.165, 1.54) is 0 Å². The maximum Gasteiger partial charge on any atom is 0.271 e. The fraction of sp³-hybridized carbons (Fsp3) is 0.643. The first-order chi connectivity index (χ1) is 9.63. The maximum absolute atomic E-state index is 11.8. The fourth-order valence-corrected chi connectivity index (χ4v) is 1.62. The summed E-state index contributed by atoms with van der Waals surface area (Å²) in [5.41, 5.74) is 0.361. The van der Waals surface area contributed by atoms with Crippen molar-refractivity contribution in [1.29, 1.82) is 0 Å². The van der Waals surface area contributed by atoms with E-state index in [2.05, 4.69) is 32.7 Å². The maximum atomic E-state index is 11.8. The second kappa shape index (κ2) is 9.25. The lowest BCUT2D eigenvalue weighted by Crippen LogP contribution is -2.26. The van der Waals surface area contributed by atoms with Gasteiger partial charge in [-0.25, -0.2) is 0 Å². The zero-order chi connectivity index (χ0) is 14.8. The lowest BCUT2D eigenvalue weighted by atomic mass is 10.2. The molecule has 0 fully saturated rings. The van der Waals surface area contributed by atoms with Gasteiger partial charge in [-0.1, -0.05) is 19.8 Å². The van der Waals surface area contributed by atoms with Crippen molar-refractivity contribution < 1.29 is 4.79 Å². The van der Waals surface area contributed by atoms with E-state index in [1.807, 2.05) is 14.1 Å². The Balaban J connectivity index is 2.35. The molecule has 6 nitrogen and oxygen atoms in total. The molecular formula is C14H25N5O. The number of amides is 1. The van der Waals surface area contributed by atoms with Crippen LogP contribution in [0.25, 0.3) is 0 Å². The van der Waals surface area contributed by atoms with Crippen LogP contribution in [0.5, 0.6) is 0 Å². The molecule has 112 valence electrons. The average Bonchev–Trinajstić information content (AvgIpc) is 2.44. The highest BCUT2D eigenvalue weighted by atomic mass is 16.1. The van der Waals surface area contributed by atoms with Crippen LogP contribution in [0.1, 0.15) is 36.7 Å². The fourth-order valence-electron chi connectivity index (χ4n) is 1.62. The molecule has 0 unspecified atom stereocenters. The summed E-state index contributed by atoms with van der Waals surface area (Å²) in [5.74, 6) is 0.530. The molecule has 0 aliphatic carbocycles. The van der Waals surface area contributed by atoms with Crippen LogP contribution in [-0.4, -0.2) is 54.7 Å². The summed E-state index contributed by atoms with van der Waals surface area (Å²) >= 11 is 0. The Bertz CT molecular complexity index is 391. The average molecular weight is 279 g/mol. The molecule has 6 heteroatoms. The molecule has 0 aromatic carbocycles. The summed E-state index contributed by atoms with van der Waals surface area (Å²) in [6.45, 7) is 4.54. The van der Waals surface area contributed by atoms with Crippen molar-refractivity contribution in [3.63, 3.8) is 0 Å². The van der Waals surface area contributed by atoms with Crippen molar-refractivity contribution >= 4 is 11.7 Å². The van der Waals surface area contributed by atoms with Crippen LogP contribution in [0, 0.1) is 0 Å². The van der Waals surface area contributed by atoms with E-state index in [0.29, 0.717) is 18.1 Å². The first-order valence-electron chi connectivity index (χ1n) is 7.14. The van der Waals surface area contributed by atoms with Gasteiger partial charge in [0.15, 0.2) is 5.69 Å². The third-order valence-electron chi connectivity index (χ3n) is 2.83. The van der Waals surface area contributed by atoms with Gasteiger partial charge in [-0.15, -0.1) is 10.2 Å². The lowest BCUT2D eigenvalue weighted by Gasteiger charge is -2.10. The number of hydrogen-bond donors (Lipinski definition) is 2. The topological polar surface area (TPSA) is 70.2 Å². The van der Waals surface area contributed by atoms with Crippen molar-refractivity contribution in [3.05, 3.63) is 17.8 Å². The second-order valence-electron chi connectivity index (χ2n) is 5.00. The number of carbonyl (C=O) groups is 1. The molecule has 1 aromatic heterocycles. The summed E-state index contributed by atoms with van der Waals surface area (Å²) in [6.07, 6.45) is 3.27. The minimum absolute atomic E-state index is 0.159. The molecule has 0 saturated heterocycles. The van der Waals surface area contributed by atoms with Gasteiger partial charge in [0.2, 0.25) is 0 Å². The Morgan fingerprint density at radius 3 is 2.60 bits per heavy atom. The SMILES string of the molecule is CCCCCNC(=O)c1ccc(NCCN(C)C)nn1. The van der Waals surface area contributed by atoms with E-state index < -0.39 is 0 Å². The molecule has 1 heterocycles. The lowest BCUT2D eigenvalue weighted by molar-refractivity contribution is 0.0947. The number of anilines is 1. The first kappa shape index (κ1) is 16.4. The van der Waals surface area contributed by atoms with Crippen molar-refractivity contribution in [2.45, 2.75) is 26.2 Å². The van der Waals surface area contributed by atoms with Crippen molar-refractivity contribution in [2.24, 2.45) is 0 Å². The molecule has 1 rings (SSSR count). The minimum Gasteiger partial charge on any atom is -0.367 e. The molecule has 0 aliphatic heterocycles. The number of unbranched alkanes of at least 4 members (excludes halogenated alkanes) is 2. The number of hydrogen-bond acceptors (Lipinski definition) is 5. The van der Waals surface area contributed by atoms with Gasteiger partial charge < -0.3 is 15.5 Å². The van der Waals surface area contributed by atoms with Crippen LogP contribution in [-0.2, 0) is 0 Å². The second-order valence-corrected chi connectivity index (χ2v) is 5.00. The number of likely N-dealkylation sites (N-methyl/N-ethyl adjacent to an activating group) is 1. The highest BCUT2D eigenvalue weighted by molar-refractivity contribution is 5.92. The van der Waals surface area contributed by atoms with E-state index in [9.17, 15) is 4.79 Å². The Kier molecular flexibility index (Phi) is 7.57. The van der Waals surface area contributed by atoms with E-state index in [-0.39, 0.29) is 5.91 Å². The molecular weight excluding hydrogens is 254 g/mol. The largest absolute Gasteiger partial charge is 0.367 e. The predicted molar refractivity (Wildman–Crippen MR) is 80.9 cm³/mol. The van der Waals surface area contributed by atoms with Crippen molar-refractivity contribution in [1.82, 2.24) is 20.4 Å². The molecule has 0 spiro atoms. The number of carbonyl (C=O) groups excluding carboxylic acids is 1. The molecule has 0 bridgehead atoms. The van der Waals surface area contributed by atoms with Crippen LogP contribution in [0.2, 0.25) is 0 Å². The normalized spacial score (nSPS) is 10.6. The van der Waals surface area contributed by atoms with Crippen LogP contribution in [0.15, 0.2) is 12.1 Å². The van der Waals surface area contributed by atoms with E-state index >= 15 is 0 Å². The quantitative estimate of drug-likeness (QED) is 0.668. The third-order valence-corrected chi connectivity index (χ3v) is 2.83. The molecule has 0 radical (unpaired) electrons. The summed E-state index contributed by atoms with van der Waals surface area (Å²) < 4.78 is 0. The zero-order valence-corrected chi connectivity index (χ0v) is 12.6. The van der Waals surface area contributed by atoms with E-state index in [4.69, 9.17) is 0 Å². The van der Waals surface area contributed by atoms with Gasteiger partial charge >= 0.3 is 0 Å². The zero-order valence-electron chi connectivity index (χ0n) is 12.6.